The molecule has 1 atom stereocenters. The second-order valence-corrected chi connectivity index (χ2v) is 4.24. The maximum absolute atomic E-state index is 13.1. The van der Waals surface area contributed by atoms with Gasteiger partial charge in [0.15, 0.2) is 5.76 Å². The van der Waals surface area contributed by atoms with E-state index in [2.05, 4.69) is 10.5 Å². The molecule has 1 heterocycles. The van der Waals surface area contributed by atoms with E-state index in [9.17, 15) is 9.50 Å². The average molecular weight is 250 g/mol. The molecule has 96 valence electrons. The molecule has 2 aromatic rings. The molecule has 0 spiro atoms. The van der Waals surface area contributed by atoms with Crippen molar-refractivity contribution >= 4 is 0 Å². The Morgan fingerprint density at radius 3 is 2.89 bits per heavy atom. The Balaban J connectivity index is 2.03. The Bertz CT molecular complexity index is 540. The van der Waals surface area contributed by atoms with Gasteiger partial charge in [0, 0.05) is 17.7 Å². The lowest BCUT2D eigenvalue weighted by atomic mass is 10.1. The van der Waals surface area contributed by atoms with E-state index in [0.29, 0.717) is 17.9 Å². The lowest BCUT2D eigenvalue weighted by Gasteiger charge is -2.14. The smallest absolute Gasteiger partial charge is 0.150 e. The highest BCUT2D eigenvalue weighted by Crippen LogP contribution is 2.24. The fourth-order valence-electron chi connectivity index (χ4n) is 1.74. The largest absolute Gasteiger partial charge is 0.508 e. The maximum atomic E-state index is 13.1. The first-order valence-corrected chi connectivity index (χ1v) is 5.70. The summed E-state index contributed by atoms with van der Waals surface area (Å²) >= 11 is 0. The molecule has 18 heavy (non-hydrogen) atoms. The van der Waals surface area contributed by atoms with E-state index in [-0.39, 0.29) is 17.6 Å². The van der Waals surface area contributed by atoms with Crippen LogP contribution in [0, 0.1) is 12.7 Å². The summed E-state index contributed by atoms with van der Waals surface area (Å²) < 4.78 is 18.2. The highest BCUT2D eigenvalue weighted by molar-refractivity contribution is 5.34. The van der Waals surface area contributed by atoms with Crippen LogP contribution in [0.1, 0.15) is 30.0 Å². The SMILES string of the molecule is Cc1cc(CNC(C)c2cc(F)ccc2O)on1. The number of hydrogen-bond donors (Lipinski definition) is 2. The van der Waals surface area contributed by atoms with Gasteiger partial charge in [-0.3, -0.25) is 0 Å². The monoisotopic (exact) mass is 250 g/mol. The number of aryl methyl sites for hydroxylation is 1. The van der Waals surface area contributed by atoms with Crippen LogP contribution in [0.15, 0.2) is 28.8 Å². The highest BCUT2D eigenvalue weighted by atomic mass is 19.1. The van der Waals surface area contributed by atoms with Gasteiger partial charge in [0.25, 0.3) is 0 Å². The van der Waals surface area contributed by atoms with Crippen LogP contribution in [0.3, 0.4) is 0 Å². The van der Waals surface area contributed by atoms with Gasteiger partial charge < -0.3 is 14.9 Å². The summed E-state index contributed by atoms with van der Waals surface area (Å²) in [5.41, 5.74) is 1.33. The zero-order valence-electron chi connectivity index (χ0n) is 10.3. The first-order valence-electron chi connectivity index (χ1n) is 5.70. The van der Waals surface area contributed by atoms with Gasteiger partial charge in [0.2, 0.25) is 0 Å². The molecule has 5 heteroatoms. The van der Waals surface area contributed by atoms with Crippen LogP contribution in [-0.4, -0.2) is 10.3 Å². The molecular weight excluding hydrogens is 235 g/mol. The van der Waals surface area contributed by atoms with E-state index >= 15 is 0 Å². The normalized spacial score (nSPS) is 12.6. The lowest BCUT2D eigenvalue weighted by molar-refractivity contribution is 0.361. The molecule has 4 nitrogen and oxygen atoms in total. The minimum Gasteiger partial charge on any atom is -0.508 e. The van der Waals surface area contributed by atoms with Crippen molar-refractivity contribution in [3.63, 3.8) is 0 Å². The van der Waals surface area contributed by atoms with Gasteiger partial charge in [-0.2, -0.15) is 0 Å². The number of phenolic OH excluding ortho intramolecular Hbond substituents is 1. The molecule has 1 aromatic carbocycles. The third-order valence-electron chi connectivity index (χ3n) is 2.72. The van der Waals surface area contributed by atoms with Crippen molar-refractivity contribution in [2.45, 2.75) is 26.4 Å². The summed E-state index contributed by atoms with van der Waals surface area (Å²) in [7, 11) is 0. The summed E-state index contributed by atoms with van der Waals surface area (Å²) in [6.07, 6.45) is 0. The van der Waals surface area contributed by atoms with Crippen molar-refractivity contribution in [2.24, 2.45) is 0 Å². The van der Waals surface area contributed by atoms with Crippen LogP contribution in [0.5, 0.6) is 5.75 Å². The number of hydrogen-bond acceptors (Lipinski definition) is 4. The van der Waals surface area contributed by atoms with Crippen molar-refractivity contribution in [3.05, 3.63) is 47.1 Å². The van der Waals surface area contributed by atoms with E-state index in [1.165, 1.54) is 18.2 Å². The third-order valence-corrected chi connectivity index (χ3v) is 2.72. The quantitative estimate of drug-likeness (QED) is 0.875. The number of phenols is 1. The molecule has 0 radical (unpaired) electrons. The Morgan fingerprint density at radius 2 is 2.22 bits per heavy atom. The molecular formula is C13H15FN2O2. The summed E-state index contributed by atoms with van der Waals surface area (Å²) in [6.45, 7) is 4.16. The highest BCUT2D eigenvalue weighted by Gasteiger charge is 2.12. The summed E-state index contributed by atoms with van der Waals surface area (Å²) in [6, 6.07) is 5.53. The van der Waals surface area contributed by atoms with E-state index in [0.717, 1.165) is 5.69 Å². The summed E-state index contributed by atoms with van der Waals surface area (Å²) in [4.78, 5) is 0. The van der Waals surface area contributed by atoms with Crippen molar-refractivity contribution in [1.29, 1.82) is 0 Å². The van der Waals surface area contributed by atoms with E-state index in [1.54, 1.807) is 0 Å². The zero-order chi connectivity index (χ0) is 13.1. The second kappa shape index (κ2) is 5.18. The minimum atomic E-state index is -0.369. The third kappa shape index (κ3) is 2.87. The van der Waals surface area contributed by atoms with Gasteiger partial charge >= 0.3 is 0 Å². The molecule has 2 N–H and O–H groups in total. The molecule has 0 saturated heterocycles. The van der Waals surface area contributed by atoms with Gasteiger partial charge in [0.05, 0.1) is 12.2 Å². The Labute approximate surface area is 104 Å². The molecule has 0 bridgehead atoms. The molecule has 0 aliphatic heterocycles. The topological polar surface area (TPSA) is 58.3 Å². The molecule has 1 aromatic heterocycles. The molecule has 0 amide bonds. The molecule has 0 fully saturated rings. The number of halogens is 1. The first-order chi connectivity index (χ1) is 8.56. The Hall–Kier alpha value is -1.88. The fourth-order valence-corrected chi connectivity index (χ4v) is 1.74. The Morgan fingerprint density at radius 1 is 1.44 bits per heavy atom. The predicted octanol–water partition coefficient (Wildman–Crippen LogP) is 2.68. The number of aromatic nitrogens is 1. The number of rotatable bonds is 4. The van der Waals surface area contributed by atoms with Crippen molar-refractivity contribution in [3.8, 4) is 5.75 Å². The summed E-state index contributed by atoms with van der Waals surface area (Å²) in [5, 5.41) is 16.6. The average Bonchev–Trinajstić information content (AvgIpc) is 2.75. The minimum absolute atomic E-state index is 0.0742. The number of aromatic hydroxyl groups is 1. The van der Waals surface area contributed by atoms with Crippen LogP contribution in [0.2, 0.25) is 0 Å². The van der Waals surface area contributed by atoms with E-state index in [1.807, 2.05) is 19.9 Å². The van der Waals surface area contributed by atoms with E-state index < -0.39 is 0 Å². The standard InChI is InChI=1S/C13H15FN2O2/c1-8-5-11(18-16-8)7-15-9(2)12-6-10(14)3-4-13(12)17/h3-6,9,15,17H,7H2,1-2H3. The second-order valence-electron chi connectivity index (χ2n) is 4.24. The number of nitrogens with zero attached hydrogens (tertiary/aromatic N) is 1. The van der Waals surface area contributed by atoms with Gasteiger partial charge in [-0.1, -0.05) is 5.16 Å². The molecule has 0 aliphatic rings. The lowest BCUT2D eigenvalue weighted by Crippen LogP contribution is -2.18. The summed E-state index contributed by atoms with van der Waals surface area (Å²) in [5.74, 6) is 0.410. The van der Waals surface area contributed by atoms with Crippen LogP contribution in [0.25, 0.3) is 0 Å². The molecule has 0 aliphatic carbocycles. The van der Waals surface area contributed by atoms with Crippen molar-refractivity contribution in [1.82, 2.24) is 10.5 Å². The van der Waals surface area contributed by atoms with Crippen molar-refractivity contribution < 1.29 is 14.0 Å². The van der Waals surface area contributed by atoms with Gasteiger partial charge in [0.1, 0.15) is 11.6 Å². The van der Waals surface area contributed by atoms with Crippen LogP contribution in [-0.2, 0) is 6.54 Å². The van der Waals surface area contributed by atoms with Gasteiger partial charge in [-0.15, -0.1) is 0 Å². The van der Waals surface area contributed by atoms with Gasteiger partial charge in [-0.05, 0) is 32.0 Å². The molecule has 1 unspecified atom stereocenters. The van der Waals surface area contributed by atoms with E-state index in [4.69, 9.17) is 4.52 Å². The van der Waals surface area contributed by atoms with Crippen LogP contribution in [0.4, 0.5) is 4.39 Å². The Kier molecular flexibility index (Phi) is 3.62. The van der Waals surface area contributed by atoms with Gasteiger partial charge in [-0.25, -0.2) is 4.39 Å². The predicted molar refractivity (Wildman–Crippen MR) is 64.6 cm³/mol. The zero-order valence-corrected chi connectivity index (χ0v) is 10.3. The molecule has 2 rings (SSSR count). The molecule has 0 saturated carbocycles. The van der Waals surface area contributed by atoms with Crippen molar-refractivity contribution in [2.75, 3.05) is 0 Å². The number of nitrogens with one attached hydrogen (secondary N) is 1. The fraction of sp³-hybridized carbons (Fsp3) is 0.308. The maximum Gasteiger partial charge on any atom is 0.150 e. The van der Waals surface area contributed by atoms with Crippen LogP contribution >= 0.6 is 0 Å². The number of benzene rings is 1. The van der Waals surface area contributed by atoms with Crippen LogP contribution < -0.4 is 5.32 Å². The first kappa shape index (κ1) is 12.6.